The molecule has 5 rings (SSSR count). The van der Waals surface area contributed by atoms with Gasteiger partial charge in [-0.1, -0.05) is 7.43 Å². The molecule has 2 aliphatic heterocycles. The highest BCUT2D eigenvalue weighted by Crippen LogP contribution is 2.41. The van der Waals surface area contributed by atoms with Crippen molar-refractivity contribution in [1.82, 2.24) is 0 Å². The third-order valence-electron chi connectivity index (χ3n) is 6.86. The summed E-state index contributed by atoms with van der Waals surface area (Å²) in [6, 6.07) is 0. The van der Waals surface area contributed by atoms with E-state index >= 15 is 0 Å². The minimum atomic E-state index is -0.0550. The van der Waals surface area contributed by atoms with Crippen LogP contribution in [-0.4, -0.2) is 48.6 Å². The van der Waals surface area contributed by atoms with Crippen LogP contribution in [0.5, 0.6) is 0 Å². The monoisotopic (exact) mass is 380 g/mol. The highest BCUT2D eigenvalue weighted by molar-refractivity contribution is 5.73. The van der Waals surface area contributed by atoms with E-state index in [2.05, 4.69) is 0 Å². The molecule has 3 aliphatic carbocycles. The quantitative estimate of drug-likeness (QED) is 0.551. The Morgan fingerprint density at radius 1 is 0.593 bits per heavy atom. The molecule has 0 aromatic carbocycles. The lowest BCUT2D eigenvalue weighted by molar-refractivity contribution is -0.164. The summed E-state index contributed by atoms with van der Waals surface area (Å²) in [5.41, 5.74) is 0. The molecular formula is C21H32O6. The molecule has 0 amide bonds. The molecule has 27 heavy (non-hydrogen) atoms. The van der Waals surface area contributed by atoms with Crippen LogP contribution in [0.1, 0.15) is 71.6 Å². The molecule has 152 valence electrons. The van der Waals surface area contributed by atoms with Gasteiger partial charge in [0.05, 0.1) is 36.3 Å². The first-order valence-corrected chi connectivity index (χ1v) is 10.4. The number of epoxide rings is 2. The van der Waals surface area contributed by atoms with Crippen LogP contribution in [0, 0.1) is 11.8 Å². The maximum absolute atomic E-state index is 12.4. The summed E-state index contributed by atoms with van der Waals surface area (Å²) in [7, 11) is 0. The molecule has 3 saturated carbocycles. The largest absolute Gasteiger partial charge is 0.462 e. The van der Waals surface area contributed by atoms with E-state index in [1.165, 1.54) is 0 Å². The minimum absolute atomic E-state index is 0. The Balaban J connectivity index is 0.00000180. The van der Waals surface area contributed by atoms with Crippen molar-refractivity contribution < 1.29 is 28.5 Å². The van der Waals surface area contributed by atoms with Crippen molar-refractivity contribution in [3.63, 3.8) is 0 Å². The van der Waals surface area contributed by atoms with E-state index in [0.717, 1.165) is 64.2 Å². The van der Waals surface area contributed by atoms with E-state index in [-0.39, 0.29) is 43.4 Å². The molecule has 0 aromatic rings. The lowest BCUT2D eigenvalue weighted by Gasteiger charge is -2.30. The van der Waals surface area contributed by atoms with E-state index in [4.69, 9.17) is 18.9 Å². The van der Waals surface area contributed by atoms with E-state index < -0.39 is 0 Å². The molecule has 0 aromatic heterocycles. The average molecular weight is 380 g/mol. The van der Waals surface area contributed by atoms with E-state index in [9.17, 15) is 9.59 Å². The van der Waals surface area contributed by atoms with Crippen molar-refractivity contribution in [2.75, 3.05) is 0 Å². The zero-order valence-corrected chi connectivity index (χ0v) is 15.1. The predicted molar refractivity (Wildman–Crippen MR) is 97.0 cm³/mol. The Morgan fingerprint density at radius 2 is 1.00 bits per heavy atom. The third kappa shape index (κ3) is 4.32. The maximum Gasteiger partial charge on any atom is 0.309 e. The fourth-order valence-electron chi connectivity index (χ4n) is 5.03. The average Bonchev–Trinajstić information content (AvgIpc) is 3.55. The summed E-state index contributed by atoms with van der Waals surface area (Å²) >= 11 is 0. The minimum Gasteiger partial charge on any atom is -0.462 e. The molecule has 0 N–H and O–H groups in total. The standard InChI is InChI=1S/C20H28O6.CH4/c21-19(11-1-7-15-17(9-11)25-15)23-13-3-5-14(6-4-13)24-20(22)12-2-8-16-18(10-12)26-16;/h11-18H,1-10H2;1H4. The fraction of sp³-hybridized carbons (Fsp3) is 0.905. The highest BCUT2D eigenvalue weighted by Gasteiger charge is 2.47. The molecule has 2 saturated heterocycles. The summed E-state index contributed by atoms with van der Waals surface area (Å²) in [5, 5.41) is 0. The SMILES string of the molecule is C.O=C(OC1CCC(OC(=O)C2CCC3OC3C2)CC1)C1CCC2OC2C1. The molecule has 5 aliphatic rings. The summed E-state index contributed by atoms with van der Waals surface area (Å²) in [6.07, 6.45) is 9.92. The molecule has 0 spiro atoms. The number of hydrogen-bond acceptors (Lipinski definition) is 6. The zero-order chi connectivity index (χ0) is 17.7. The molecule has 6 nitrogen and oxygen atoms in total. The van der Waals surface area contributed by atoms with Gasteiger partial charge in [-0.25, -0.2) is 0 Å². The first kappa shape index (κ1) is 19.2. The van der Waals surface area contributed by atoms with Gasteiger partial charge in [0.2, 0.25) is 0 Å². The fourth-order valence-corrected chi connectivity index (χ4v) is 5.03. The van der Waals surface area contributed by atoms with Crippen molar-refractivity contribution in [3.05, 3.63) is 0 Å². The zero-order valence-electron chi connectivity index (χ0n) is 15.1. The van der Waals surface area contributed by atoms with Crippen molar-refractivity contribution in [2.45, 2.75) is 108 Å². The number of hydrogen-bond donors (Lipinski definition) is 0. The molecule has 6 atom stereocenters. The molecule has 0 bridgehead atoms. The van der Waals surface area contributed by atoms with Gasteiger partial charge in [0.25, 0.3) is 0 Å². The van der Waals surface area contributed by atoms with Gasteiger partial charge >= 0.3 is 11.9 Å². The van der Waals surface area contributed by atoms with Gasteiger partial charge in [-0.2, -0.15) is 0 Å². The van der Waals surface area contributed by atoms with Crippen molar-refractivity contribution in [1.29, 1.82) is 0 Å². The number of carbonyl (C=O) groups excluding carboxylic acids is 2. The van der Waals surface area contributed by atoms with Crippen LogP contribution >= 0.6 is 0 Å². The van der Waals surface area contributed by atoms with Crippen molar-refractivity contribution >= 4 is 11.9 Å². The van der Waals surface area contributed by atoms with Crippen LogP contribution in [0.2, 0.25) is 0 Å². The van der Waals surface area contributed by atoms with Gasteiger partial charge < -0.3 is 18.9 Å². The van der Waals surface area contributed by atoms with E-state index in [1.54, 1.807) is 0 Å². The van der Waals surface area contributed by atoms with Crippen LogP contribution < -0.4 is 0 Å². The lowest BCUT2D eigenvalue weighted by atomic mass is 9.88. The Labute approximate surface area is 161 Å². The van der Waals surface area contributed by atoms with Crippen molar-refractivity contribution in [3.8, 4) is 0 Å². The van der Waals surface area contributed by atoms with Crippen LogP contribution in [0.15, 0.2) is 0 Å². The molecule has 6 heteroatoms. The molecule has 6 unspecified atom stereocenters. The van der Waals surface area contributed by atoms with Gasteiger partial charge in [0.1, 0.15) is 12.2 Å². The number of fused-ring (bicyclic) bond motifs is 2. The van der Waals surface area contributed by atoms with E-state index in [0.29, 0.717) is 24.4 Å². The highest BCUT2D eigenvalue weighted by atomic mass is 16.6. The maximum atomic E-state index is 12.4. The first-order chi connectivity index (χ1) is 12.7. The number of ether oxygens (including phenoxy) is 4. The van der Waals surface area contributed by atoms with Crippen LogP contribution in [0.4, 0.5) is 0 Å². The molecule has 2 heterocycles. The second-order valence-corrected chi connectivity index (χ2v) is 8.72. The topological polar surface area (TPSA) is 77.7 Å². The van der Waals surface area contributed by atoms with Crippen LogP contribution in [0.3, 0.4) is 0 Å². The number of rotatable bonds is 4. The van der Waals surface area contributed by atoms with Gasteiger partial charge in [0.15, 0.2) is 0 Å². The smallest absolute Gasteiger partial charge is 0.309 e. The second kappa shape index (κ2) is 7.70. The van der Waals surface area contributed by atoms with Gasteiger partial charge in [0, 0.05) is 0 Å². The Morgan fingerprint density at radius 3 is 1.37 bits per heavy atom. The Bertz CT molecular complexity index is 519. The summed E-state index contributed by atoms with van der Waals surface area (Å²) < 4.78 is 22.5. The predicted octanol–water partition coefficient (Wildman–Crippen LogP) is 3.16. The van der Waals surface area contributed by atoms with Gasteiger partial charge in [-0.3, -0.25) is 9.59 Å². The second-order valence-electron chi connectivity index (χ2n) is 8.72. The van der Waals surface area contributed by atoms with Gasteiger partial charge in [-0.15, -0.1) is 0 Å². The first-order valence-electron chi connectivity index (χ1n) is 10.4. The summed E-state index contributed by atoms with van der Waals surface area (Å²) in [4.78, 5) is 24.7. The summed E-state index contributed by atoms with van der Waals surface area (Å²) in [5.74, 6) is -0.0932. The van der Waals surface area contributed by atoms with Crippen LogP contribution in [0.25, 0.3) is 0 Å². The molecule has 0 radical (unpaired) electrons. The summed E-state index contributed by atoms with van der Waals surface area (Å²) in [6.45, 7) is 0. The number of esters is 2. The molecule has 5 fully saturated rings. The van der Waals surface area contributed by atoms with Crippen molar-refractivity contribution in [2.24, 2.45) is 11.8 Å². The third-order valence-corrected chi connectivity index (χ3v) is 6.86. The normalized spacial score (nSPS) is 44.7. The Kier molecular flexibility index (Phi) is 5.48. The van der Waals surface area contributed by atoms with Gasteiger partial charge in [-0.05, 0) is 64.2 Å². The van der Waals surface area contributed by atoms with E-state index in [1.807, 2.05) is 0 Å². The Hall–Kier alpha value is -1.14. The number of carbonyl (C=O) groups is 2. The van der Waals surface area contributed by atoms with Crippen LogP contribution in [-0.2, 0) is 28.5 Å². The lowest BCUT2D eigenvalue weighted by Crippen LogP contribution is -2.34. The molecular weight excluding hydrogens is 348 g/mol.